The summed E-state index contributed by atoms with van der Waals surface area (Å²) in [6, 6.07) is 12.4. The van der Waals surface area contributed by atoms with Crippen LogP contribution >= 0.6 is 0 Å². The molecule has 7 nitrogen and oxygen atoms in total. The van der Waals surface area contributed by atoms with E-state index >= 15 is 0 Å². The molecule has 0 saturated carbocycles. The highest BCUT2D eigenvalue weighted by Gasteiger charge is 2.31. The Kier molecular flexibility index (Phi) is 5.85. The number of piperidine rings is 1. The van der Waals surface area contributed by atoms with Crippen LogP contribution in [0, 0.1) is 10.1 Å². The lowest BCUT2D eigenvalue weighted by molar-refractivity contribution is -0.384. The second kappa shape index (κ2) is 8.30. The number of nitro groups is 1. The molecule has 144 valence electrons. The number of alkyl halides is 1. The molecule has 1 N–H and O–H groups in total. The predicted molar refractivity (Wildman–Crippen MR) is 104 cm³/mol. The van der Waals surface area contributed by atoms with Crippen molar-refractivity contribution in [3.05, 3.63) is 52.6 Å². The average molecular weight is 373 g/mol. The van der Waals surface area contributed by atoms with Gasteiger partial charge in [0.15, 0.2) is 0 Å². The van der Waals surface area contributed by atoms with Crippen LogP contribution in [0.2, 0.25) is 0 Å². The normalized spacial score (nSPS) is 17.7. The highest BCUT2D eigenvalue weighted by molar-refractivity contribution is 5.69. The highest BCUT2D eigenvalue weighted by Crippen LogP contribution is 2.35. The summed E-state index contributed by atoms with van der Waals surface area (Å²) in [5, 5.41) is 18.3. The van der Waals surface area contributed by atoms with Gasteiger partial charge in [-0.15, -0.1) is 0 Å². The molecule has 1 atom stereocenters. The van der Waals surface area contributed by atoms with E-state index in [0.717, 1.165) is 0 Å². The summed E-state index contributed by atoms with van der Waals surface area (Å²) in [4.78, 5) is 15.7. The highest BCUT2D eigenvalue weighted by atomic mass is 19.1. The molecule has 1 aromatic carbocycles. The number of nitrogens with zero attached hydrogens (tertiary/aromatic N) is 4. The van der Waals surface area contributed by atoms with Gasteiger partial charge in [-0.05, 0) is 44.9 Å². The zero-order valence-electron chi connectivity index (χ0n) is 15.5. The minimum atomic E-state index is -0.971. The molecule has 0 amide bonds. The van der Waals surface area contributed by atoms with E-state index in [0.29, 0.717) is 30.9 Å². The number of hydrazine groups is 1. The molecule has 1 unspecified atom stereocenters. The van der Waals surface area contributed by atoms with Crippen LogP contribution in [0.1, 0.15) is 26.7 Å². The van der Waals surface area contributed by atoms with Crippen LogP contribution in [0.25, 0.3) is 0 Å². The van der Waals surface area contributed by atoms with Crippen LogP contribution in [-0.4, -0.2) is 40.2 Å². The number of hydrogen-bond donors (Lipinski definition) is 1. The molecule has 0 radical (unpaired) electrons. The van der Waals surface area contributed by atoms with E-state index in [2.05, 4.69) is 10.3 Å². The Bertz CT molecular complexity index is 787. The van der Waals surface area contributed by atoms with Gasteiger partial charge in [-0.1, -0.05) is 18.2 Å². The van der Waals surface area contributed by atoms with Gasteiger partial charge in [0, 0.05) is 25.2 Å². The molecule has 1 aliphatic rings. The van der Waals surface area contributed by atoms with E-state index in [-0.39, 0.29) is 24.1 Å². The molecule has 27 heavy (non-hydrogen) atoms. The fraction of sp³-hybridized carbons (Fsp3) is 0.421. The van der Waals surface area contributed by atoms with Gasteiger partial charge >= 0.3 is 5.69 Å². The summed E-state index contributed by atoms with van der Waals surface area (Å²) < 4.78 is 14.1. The number of halogens is 1. The van der Waals surface area contributed by atoms with Gasteiger partial charge in [-0.2, -0.15) is 0 Å². The molecule has 0 aliphatic carbocycles. The largest absolute Gasteiger partial charge is 0.368 e. The molecule has 2 aromatic rings. The molecular weight excluding hydrogens is 349 g/mol. The lowest BCUT2D eigenvalue weighted by Gasteiger charge is -2.38. The molecule has 1 aliphatic heterocycles. The summed E-state index contributed by atoms with van der Waals surface area (Å²) in [5.74, 6) is 0.728. The number of para-hydroxylation sites is 1. The lowest BCUT2D eigenvalue weighted by atomic mass is 10.1. The van der Waals surface area contributed by atoms with E-state index < -0.39 is 11.1 Å². The number of hydrogen-bond acceptors (Lipinski definition) is 6. The van der Waals surface area contributed by atoms with Crippen molar-refractivity contribution in [1.82, 2.24) is 9.99 Å². The van der Waals surface area contributed by atoms with Crippen molar-refractivity contribution in [2.45, 2.75) is 38.9 Å². The van der Waals surface area contributed by atoms with Crippen LogP contribution in [-0.2, 0) is 0 Å². The first-order chi connectivity index (χ1) is 13.0. The van der Waals surface area contributed by atoms with E-state index in [1.165, 1.54) is 6.07 Å². The average Bonchev–Trinajstić information content (AvgIpc) is 2.62. The second-order valence-electron chi connectivity index (χ2n) is 6.89. The van der Waals surface area contributed by atoms with Gasteiger partial charge in [0.2, 0.25) is 5.82 Å². The lowest BCUT2D eigenvalue weighted by Crippen LogP contribution is -2.47. The molecule has 0 bridgehead atoms. The van der Waals surface area contributed by atoms with Gasteiger partial charge in [-0.3, -0.25) is 15.1 Å². The van der Waals surface area contributed by atoms with Gasteiger partial charge in [0.1, 0.15) is 12.0 Å². The van der Waals surface area contributed by atoms with Crippen LogP contribution in [0.4, 0.5) is 27.4 Å². The van der Waals surface area contributed by atoms with Crippen molar-refractivity contribution in [3.8, 4) is 0 Å². The van der Waals surface area contributed by atoms with Crippen molar-refractivity contribution < 1.29 is 9.31 Å². The Morgan fingerprint density at radius 2 is 2.04 bits per heavy atom. The minimum absolute atomic E-state index is 0.117. The maximum atomic E-state index is 14.1. The fourth-order valence-corrected chi connectivity index (χ4v) is 3.19. The fourth-order valence-electron chi connectivity index (χ4n) is 3.19. The van der Waals surface area contributed by atoms with Crippen molar-refractivity contribution in [2.75, 3.05) is 23.4 Å². The summed E-state index contributed by atoms with van der Waals surface area (Å²) in [6.45, 7) is 4.72. The van der Waals surface area contributed by atoms with Gasteiger partial charge in [-0.25, -0.2) is 14.4 Å². The van der Waals surface area contributed by atoms with E-state index in [4.69, 9.17) is 0 Å². The van der Waals surface area contributed by atoms with E-state index in [1.807, 2.05) is 44.2 Å². The summed E-state index contributed by atoms with van der Waals surface area (Å²) in [5.41, 5.74) is 0.595. The SMILES string of the molecule is CC(C)Nc1ccc([N+](=O)[O-])c(N(c2ccccc2)N2CCCC(F)C2)n1. The Labute approximate surface area is 157 Å². The maximum absolute atomic E-state index is 14.1. The molecule has 1 aromatic heterocycles. The van der Waals surface area contributed by atoms with Crippen molar-refractivity contribution in [2.24, 2.45) is 0 Å². The number of anilines is 3. The topological polar surface area (TPSA) is 74.5 Å². The molecular formula is C19H24FN5O2. The third-order valence-electron chi connectivity index (χ3n) is 4.31. The standard InChI is InChI=1S/C19H24FN5O2/c1-14(2)21-18-11-10-17(25(26)27)19(22-18)24(16-8-4-3-5-9-16)23-12-6-7-15(20)13-23/h3-5,8-11,14-15H,6-7,12-13H2,1-2H3,(H,21,22). The minimum Gasteiger partial charge on any atom is -0.368 e. The van der Waals surface area contributed by atoms with Crippen LogP contribution in [0.5, 0.6) is 0 Å². The molecule has 8 heteroatoms. The molecule has 1 saturated heterocycles. The van der Waals surface area contributed by atoms with Crippen LogP contribution in [0.3, 0.4) is 0 Å². The predicted octanol–water partition coefficient (Wildman–Crippen LogP) is 4.30. The quantitative estimate of drug-likeness (QED) is 0.601. The molecule has 2 heterocycles. The molecule has 0 spiro atoms. The Morgan fingerprint density at radius 1 is 1.30 bits per heavy atom. The van der Waals surface area contributed by atoms with Crippen molar-refractivity contribution in [1.29, 1.82) is 0 Å². The first kappa shape index (κ1) is 19.0. The summed E-state index contributed by atoms with van der Waals surface area (Å²) >= 11 is 0. The second-order valence-corrected chi connectivity index (χ2v) is 6.89. The summed E-state index contributed by atoms with van der Waals surface area (Å²) in [7, 11) is 0. The smallest absolute Gasteiger partial charge is 0.313 e. The number of aromatic nitrogens is 1. The molecule has 1 fully saturated rings. The van der Waals surface area contributed by atoms with Crippen molar-refractivity contribution >= 4 is 23.0 Å². The third-order valence-corrected chi connectivity index (χ3v) is 4.31. The number of rotatable bonds is 6. The number of benzene rings is 1. The third kappa shape index (κ3) is 4.51. The zero-order chi connectivity index (χ0) is 19.4. The summed E-state index contributed by atoms with van der Waals surface area (Å²) in [6.07, 6.45) is 0.215. The first-order valence-electron chi connectivity index (χ1n) is 9.12. The van der Waals surface area contributed by atoms with E-state index in [9.17, 15) is 14.5 Å². The van der Waals surface area contributed by atoms with Crippen molar-refractivity contribution in [3.63, 3.8) is 0 Å². The Hall–Kier alpha value is -2.74. The van der Waals surface area contributed by atoms with Gasteiger partial charge < -0.3 is 5.32 Å². The maximum Gasteiger partial charge on any atom is 0.313 e. The van der Waals surface area contributed by atoms with Gasteiger partial charge in [0.05, 0.1) is 10.6 Å². The number of pyridine rings is 1. The number of nitrogens with one attached hydrogen (secondary N) is 1. The first-order valence-corrected chi connectivity index (χ1v) is 9.12. The molecule has 3 rings (SSSR count). The zero-order valence-corrected chi connectivity index (χ0v) is 15.5. The monoisotopic (exact) mass is 373 g/mol. The van der Waals surface area contributed by atoms with E-state index in [1.54, 1.807) is 16.1 Å². The van der Waals surface area contributed by atoms with Gasteiger partial charge in [0.25, 0.3) is 0 Å². The Balaban J connectivity index is 2.11. The van der Waals surface area contributed by atoms with Crippen LogP contribution in [0.15, 0.2) is 42.5 Å². The Morgan fingerprint density at radius 3 is 2.67 bits per heavy atom. The van der Waals surface area contributed by atoms with Crippen LogP contribution < -0.4 is 10.3 Å².